The first-order valence-electron chi connectivity index (χ1n) is 8.73. The van der Waals surface area contributed by atoms with E-state index in [2.05, 4.69) is 5.32 Å². The van der Waals surface area contributed by atoms with Crippen LogP contribution in [0.2, 0.25) is 0 Å². The van der Waals surface area contributed by atoms with Crippen molar-refractivity contribution in [2.24, 2.45) is 0 Å². The predicted molar refractivity (Wildman–Crippen MR) is 98.7 cm³/mol. The largest absolute Gasteiger partial charge is 0.490 e. The van der Waals surface area contributed by atoms with Gasteiger partial charge in [0.2, 0.25) is 0 Å². The van der Waals surface area contributed by atoms with Crippen molar-refractivity contribution in [2.45, 2.75) is 26.1 Å². The van der Waals surface area contributed by atoms with Gasteiger partial charge >= 0.3 is 12.1 Å². The average Bonchev–Trinajstić information content (AvgIpc) is 2.67. The Labute approximate surface area is 165 Å². The zero-order valence-electron chi connectivity index (χ0n) is 15.8. The number of hydrogen-bond donors (Lipinski definition) is 1. The Hall–Kier alpha value is -3.23. The van der Waals surface area contributed by atoms with Gasteiger partial charge in [0.1, 0.15) is 0 Å². The Morgan fingerprint density at radius 2 is 1.59 bits per heavy atom. The second-order valence-corrected chi connectivity index (χ2v) is 5.83. The van der Waals surface area contributed by atoms with E-state index in [0.29, 0.717) is 18.1 Å². The van der Waals surface area contributed by atoms with Crippen LogP contribution in [0.15, 0.2) is 48.5 Å². The molecule has 156 valence electrons. The van der Waals surface area contributed by atoms with E-state index in [0.717, 1.165) is 12.1 Å². The number of benzene rings is 2. The lowest BCUT2D eigenvalue weighted by Gasteiger charge is -2.17. The van der Waals surface area contributed by atoms with Gasteiger partial charge in [-0.15, -0.1) is 0 Å². The predicted octanol–water partition coefficient (Wildman–Crippen LogP) is 4.05. The van der Waals surface area contributed by atoms with Gasteiger partial charge in [-0.3, -0.25) is 4.79 Å². The molecule has 9 heteroatoms. The summed E-state index contributed by atoms with van der Waals surface area (Å²) in [6, 6.07) is 11.2. The highest BCUT2D eigenvalue weighted by Gasteiger charge is 2.34. The summed E-state index contributed by atoms with van der Waals surface area (Å²) in [4.78, 5) is 24.1. The van der Waals surface area contributed by atoms with Crippen molar-refractivity contribution in [3.05, 3.63) is 54.1 Å². The Morgan fingerprint density at radius 1 is 1.00 bits per heavy atom. The molecule has 6 nitrogen and oxygen atoms in total. The molecule has 1 N–H and O–H groups in total. The quantitative estimate of drug-likeness (QED) is 0.664. The van der Waals surface area contributed by atoms with Crippen LogP contribution in [0, 0.1) is 0 Å². The van der Waals surface area contributed by atoms with Crippen LogP contribution in [0.5, 0.6) is 11.5 Å². The number of carbonyl (C=O) groups excluding carboxylic acids is 2. The smallest absolute Gasteiger partial charge is 0.418 e. The zero-order chi connectivity index (χ0) is 21.4. The van der Waals surface area contributed by atoms with Gasteiger partial charge in [-0.1, -0.05) is 24.3 Å². The van der Waals surface area contributed by atoms with Crippen LogP contribution in [-0.2, 0) is 20.5 Å². The molecule has 0 heterocycles. The molecule has 0 aliphatic heterocycles. The Morgan fingerprint density at radius 3 is 2.21 bits per heavy atom. The molecule has 0 unspecified atom stereocenters. The fourth-order valence-electron chi connectivity index (χ4n) is 2.34. The van der Waals surface area contributed by atoms with Crippen molar-refractivity contribution in [3.8, 4) is 11.5 Å². The molecule has 0 saturated heterocycles. The zero-order valence-corrected chi connectivity index (χ0v) is 15.8. The summed E-state index contributed by atoms with van der Waals surface area (Å²) in [5.74, 6) is -0.993. The number of para-hydroxylation sites is 3. The van der Waals surface area contributed by atoms with E-state index in [-0.39, 0.29) is 0 Å². The molecule has 0 aliphatic carbocycles. The van der Waals surface area contributed by atoms with Crippen LogP contribution >= 0.6 is 0 Å². The van der Waals surface area contributed by atoms with Gasteiger partial charge in [0.05, 0.1) is 17.9 Å². The Balaban J connectivity index is 1.93. The fourth-order valence-corrected chi connectivity index (χ4v) is 2.34. The lowest BCUT2D eigenvalue weighted by molar-refractivity contribution is -0.155. The molecule has 0 aromatic heterocycles. The molecule has 2 rings (SSSR count). The number of anilines is 1. The highest BCUT2D eigenvalue weighted by Crippen LogP contribution is 2.34. The van der Waals surface area contributed by atoms with Crippen molar-refractivity contribution in [2.75, 3.05) is 18.5 Å². The SMILES string of the molecule is CCOc1ccccc1OCC(=O)O[C@@H](C)C(=O)Nc1ccccc1C(F)(F)F. The van der Waals surface area contributed by atoms with Crippen LogP contribution in [0.1, 0.15) is 19.4 Å². The third-order valence-corrected chi connectivity index (χ3v) is 3.66. The van der Waals surface area contributed by atoms with Crippen molar-refractivity contribution in [1.82, 2.24) is 0 Å². The molecule has 2 aromatic carbocycles. The van der Waals surface area contributed by atoms with Crippen molar-refractivity contribution < 1.29 is 37.0 Å². The Kier molecular flexibility index (Phi) is 7.46. The van der Waals surface area contributed by atoms with Crippen molar-refractivity contribution in [1.29, 1.82) is 0 Å². The minimum absolute atomic E-state index is 0.322. The molecular formula is C20H20F3NO5. The standard InChI is InChI=1S/C20H20F3NO5/c1-3-27-16-10-6-7-11-17(16)28-12-18(25)29-13(2)19(26)24-15-9-5-4-8-14(15)20(21,22)23/h4-11,13H,3,12H2,1-2H3,(H,24,26)/t13-/m0/s1. The third kappa shape index (κ3) is 6.41. The molecule has 0 radical (unpaired) electrons. The molecule has 0 saturated carbocycles. The first-order chi connectivity index (χ1) is 13.7. The van der Waals surface area contributed by atoms with E-state index in [1.54, 1.807) is 31.2 Å². The van der Waals surface area contributed by atoms with Gasteiger partial charge in [0.15, 0.2) is 24.2 Å². The number of ether oxygens (including phenoxy) is 3. The van der Waals surface area contributed by atoms with E-state index in [1.807, 2.05) is 0 Å². The van der Waals surface area contributed by atoms with Crippen LogP contribution in [0.4, 0.5) is 18.9 Å². The molecule has 29 heavy (non-hydrogen) atoms. The van der Waals surface area contributed by atoms with Gasteiger partial charge in [0, 0.05) is 0 Å². The number of nitrogens with one attached hydrogen (secondary N) is 1. The first-order valence-corrected chi connectivity index (χ1v) is 8.73. The highest BCUT2D eigenvalue weighted by molar-refractivity contribution is 5.95. The van der Waals surface area contributed by atoms with E-state index < -0.39 is 42.0 Å². The van der Waals surface area contributed by atoms with Crippen LogP contribution < -0.4 is 14.8 Å². The second kappa shape index (κ2) is 9.81. The summed E-state index contributed by atoms with van der Waals surface area (Å²) < 4.78 is 54.6. The summed E-state index contributed by atoms with van der Waals surface area (Å²) >= 11 is 0. The normalized spacial score (nSPS) is 12.0. The number of halogens is 3. The fraction of sp³-hybridized carbons (Fsp3) is 0.300. The lowest BCUT2D eigenvalue weighted by atomic mass is 10.1. The van der Waals surface area contributed by atoms with Gasteiger partial charge in [-0.25, -0.2) is 4.79 Å². The average molecular weight is 411 g/mol. The summed E-state index contributed by atoms with van der Waals surface area (Å²) in [6.45, 7) is 2.95. The molecule has 2 aromatic rings. The minimum Gasteiger partial charge on any atom is -0.490 e. The maximum Gasteiger partial charge on any atom is 0.418 e. The van der Waals surface area contributed by atoms with E-state index in [1.165, 1.54) is 19.1 Å². The molecule has 0 aliphatic rings. The molecule has 1 atom stereocenters. The summed E-state index contributed by atoms with van der Waals surface area (Å²) in [7, 11) is 0. The molecule has 0 bridgehead atoms. The van der Waals surface area contributed by atoms with E-state index in [9.17, 15) is 22.8 Å². The molecule has 0 spiro atoms. The van der Waals surface area contributed by atoms with Gasteiger partial charge in [-0.05, 0) is 38.1 Å². The minimum atomic E-state index is -4.63. The Bertz CT molecular complexity index is 854. The third-order valence-electron chi connectivity index (χ3n) is 3.66. The lowest BCUT2D eigenvalue weighted by Crippen LogP contribution is -2.32. The number of carbonyl (C=O) groups is 2. The van der Waals surface area contributed by atoms with E-state index in [4.69, 9.17) is 14.2 Å². The second-order valence-electron chi connectivity index (χ2n) is 5.83. The maximum absolute atomic E-state index is 13.0. The van der Waals surface area contributed by atoms with E-state index >= 15 is 0 Å². The number of alkyl halides is 3. The van der Waals surface area contributed by atoms with Crippen molar-refractivity contribution in [3.63, 3.8) is 0 Å². The topological polar surface area (TPSA) is 73.9 Å². The van der Waals surface area contributed by atoms with Crippen LogP contribution in [0.3, 0.4) is 0 Å². The van der Waals surface area contributed by atoms with Crippen molar-refractivity contribution >= 4 is 17.6 Å². The molecular weight excluding hydrogens is 391 g/mol. The summed E-state index contributed by atoms with van der Waals surface area (Å²) in [5.41, 5.74) is -1.42. The maximum atomic E-state index is 13.0. The summed E-state index contributed by atoms with van der Waals surface area (Å²) in [6.07, 6.45) is -5.96. The molecule has 1 amide bonds. The number of rotatable bonds is 8. The van der Waals surface area contributed by atoms with Crippen LogP contribution in [0.25, 0.3) is 0 Å². The number of amides is 1. The number of esters is 1. The highest BCUT2D eigenvalue weighted by atomic mass is 19.4. The summed E-state index contributed by atoms with van der Waals surface area (Å²) in [5, 5.41) is 2.12. The number of hydrogen-bond acceptors (Lipinski definition) is 5. The monoisotopic (exact) mass is 411 g/mol. The van der Waals surface area contributed by atoms with Crippen LogP contribution in [-0.4, -0.2) is 31.2 Å². The molecule has 0 fully saturated rings. The van der Waals surface area contributed by atoms with Gasteiger partial charge < -0.3 is 19.5 Å². The van der Waals surface area contributed by atoms with Gasteiger partial charge in [-0.2, -0.15) is 13.2 Å². The van der Waals surface area contributed by atoms with Gasteiger partial charge in [0.25, 0.3) is 5.91 Å². The first kappa shape index (κ1) is 22.1.